The average molecular weight is 281 g/mol. The predicted molar refractivity (Wildman–Crippen MR) is 55.8 cm³/mol. The summed E-state index contributed by atoms with van der Waals surface area (Å²) in [5, 5.41) is 0. The van der Waals surface area contributed by atoms with E-state index in [-0.39, 0.29) is 11.3 Å². The molecule has 0 heterocycles. The van der Waals surface area contributed by atoms with Crippen molar-refractivity contribution in [2.24, 2.45) is 0 Å². The lowest BCUT2D eigenvalue weighted by molar-refractivity contribution is -0.137. The van der Waals surface area contributed by atoms with Crippen molar-refractivity contribution in [2.75, 3.05) is 7.11 Å². The minimum absolute atomic E-state index is 0.0561. The van der Waals surface area contributed by atoms with Crippen molar-refractivity contribution in [3.8, 4) is 5.75 Å². The molecule has 0 aliphatic carbocycles. The van der Waals surface area contributed by atoms with Gasteiger partial charge in [0.05, 0.1) is 17.1 Å². The number of hydrogen-bond donors (Lipinski definition) is 0. The minimum atomic E-state index is -4.41. The summed E-state index contributed by atoms with van der Waals surface area (Å²) < 4.78 is 43.0. The van der Waals surface area contributed by atoms with Crippen LogP contribution >= 0.6 is 15.9 Å². The SMILES string of the molecule is C=Cc1c(C(F)(F)F)ccc(Br)c1OC. The van der Waals surface area contributed by atoms with Crippen molar-refractivity contribution >= 4 is 22.0 Å². The first-order valence-corrected chi connectivity index (χ1v) is 4.77. The molecule has 82 valence electrons. The summed E-state index contributed by atoms with van der Waals surface area (Å²) >= 11 is 3.11. The highest BCUT2D eigenvalue weighted by Gasteiger charge is 2.34. The highest BCUT2D eigenvalue weighted by Crippen LogP contribution is 2.40. The Hall–Kier alpha value is -0.970. The number of benzene rings is 1. The van der Waals surface area contributed by atoms with Crippen LogP contribution in [0.3, 0.4) is 0 Å². The van der Waals surface area contributed by atoms with Crippen LogP contribution in [-0.4, -0.2) is 7.11 Å². The Balaban J connectivity index is 3.49. The van der Waals surface area contributed by atoms with E-state index in [2.05, 4.69) is 22.5 Å². The zero-order valence-electron chi connectivity index (χ0n) is 7.86. The molecule has 0 spiro atoms. The van der Waals surface area contributed by atoms with E-state index < -0.39 is 11.7 Å². The molecule has 1 nitrogen and oxygen atoms in total. The maximum atomic E-state index is 12.6. The van der Waals surface area contributed by atoms with Gasteiger partial charge in [-0.25, -0.2) is 0 Å². The highest BCUT2D eigenvalue weighted by atomic mass is 79.9. The molecule has 0 aliphatic heterocycles. The highest BCUT2D eigenvalue weighted by molar-refractivity contribution is 9.10. The number of methoxy groups -OCH3 is 1. The topological polar surface area (TPSA) is 9.23 Å². The summed E-state index contributed by atoms with van der Waals surface area (Å²) in [7, 11) is 1.31. The molecule has 1 aromatic rings. The fourth-order valence-electron chi connectivity index (χ4n) is 1.23. The molecule has 0 saturated carbocycles. The monoisotopic (exact) mass is 280 g/mol. The molecule has 15 heavy (non-hydrogen) atoms. The van der Waals surface area contributed by atoms with Crippen LogP contribution in [-0.2, 0) is 6.18 Å². The molecule has 1 rings (SSSR count). The lowest BCUT2D eigenvalue weighted by Gasteiger charge is -2.14. The van der Waals surface area contributed by atoms with Gasteiger partial charge in [-0.15, -0.1) is 0 Å². The van der Waals surface area contributed by atoms with Crippen LogP contribution in [0.25, 0.3) is 6.08 Å². The van der Waals surface area contributed by atoms with Gasteiger partial charge in [-0.2, -0.15) is 13.2 Å². The van der Waals surface area contributed by atoms with E-state index in [1.54, 1.807) is 0 Å². The molecule has 0 radical (unpaired) electrons. The lowest BCUT2D eigenvalue weighted by Crippen LogP contribution is -2.08. The zero-order chi connectivity index (χ0) is 11.6. The third-order valence-electron chi connectivity index (χ3n) is 1.86. The van der Waals surface area contributed by atoms with Gasteiger partial charge in [-0.05, 0) is 28.1 Å². The summed E-state index contributed by atoms with van der Waals surface area (Å²) in [5.41, 5.74) is -0.808. The first-order chi connectivity index (χ1) is 6.91. The third-order valence-corrected chi connectivity index (χ3v) is 2.49. The van der Waals surface area contributed by atoms with Crippen LogP contribution in [0, 0.1) is 0 Å². The van der Waals surface area contributed by atoms with Crippen molar-refractivity contribution in [2.45, 2.75) is 6.18 Å². The van der Waals surface area contributed by atoms with Crippen molar-refractivity contribution in [1.82, 2.24) is 0 Å². The van der Waals surface area contributed by atoms with Crippen LogP contribution in [0.4, 0.5) is 13.2 Å². The molecule has 0 aliphatic rings. The van der Waals surface area contributed by atoms with Crippen LogP contribution < -0.4 is 4.74 Å². The van der Waals surface area contributed by atoms with Gasteiger partial charge in [-0.1, -0.05) is 12.7 Å². The van der Waals surface area contributed by atoms with E-state index in [9.17, 15) is 13.2 Å². The molecule has 5 heteroatoms. The zero-order valence-corrected chi connectivity index (χ0v) is 9.45. The van der Waals surface area contributed by atoms with Crippen LogP contribution in [0.15, 0.2) is 23.2 Å². The minimum Gasteiger partial charge on any atom is -0.495 e. The smallest absolute Gasteiger partial charge is 0.417 e. The second-order valence-electron chi connectivity index (χ2n) is 2.74. The number of alkyl halides is 3. The largest absolute Gasteiger partial charge is 0.495 e. The molecule has 0 atom stereocenters. The van der Waals surface area contributed by atoms with Crippen molar-refractivity contribution < 1.29 is 17.9 Å². The van der Waals surface area contributed by atoms with Crippen LogP contribution in [0.5, 0.6) is 5.75 Å². The molecule has 0 saturated heterocycles. The fraction of sp³-hybridized carbons (Fsp3) is 0.200. The number of hydrogen-bond acceptors (Lipinski definition) is 1. The first-order valence-electron chi connectivity index (χ1n) is 3.98. The summed E-state index contributed by atoms with van der Waals surface area (Å²) in [4.78, 5) is 0. The van der Waals surface area contributed by atoms with Gasteiger partial charge >= 0.3 is 6.18 Å². The quantitative estimate of drug-likeness (QED) is 0.792. The second-order valence-corrected chi connectivity index (χ2v) is 3.60. The molecular formula is C10H8BrF3O. The first kappa shape index (κ1) is 12.1. The van der Waals surface area contributed by atoms with E-state index in [1.807, 2.05) is 0 Å². The lowest BCUT2D eigenvalue weighted by atomic mass is 10.1. The summed E-state index contributed by atoms with van der Waals surface area (Å²) in [6, 6.07) is 2.29. The Morgan fingerprint density at radius 1 is 1.40 bits per heavy atom. The van der Waals surface area contributed by atoms with Crippen molar-refractivity contribution in [3.05, 3.63) is 34.3 Å². The molecule has 0 bridgehead atoms. The molecule has 1 aromatic carbocycles. The Morgan fingerprint density at radius 2 is 2.00 bits per heavy atom. The molecule has 0 fully saturated rings. The third kappa shape index (κ3) is 2.34. The van der Waals surface area contributed by atoms with Crippen LogP contribution in [0.2, 0.25) is 0 Å². The molecule has 0 unspecified atom stereocenters. The predicted octanol–water partition coefficient (Wildman–Crippen LogP) is 4.12. The van der Waals surface area contributed by atoms with Gasteiger partial charge in [0.1, 0.15) is 5.75 Å². The number of rotatable bonds is 2. The Bertz CT molecular complexity index is 385. The maximum Gasteiger partial charge on any atom is 0.417 e. The van der Waals surface area contributed by atoms with Gasteiger partial charge in [0.25, 0.3) is 0 Å². The van der Waals surface area contributed by atoms with Gasteiger partial charge in [0, 0.05) is 5.56 Å². The summed E-state index contributed by atoms with van der Waals surface area (Å²) in [6.45, 7) is 3.35. The van der Waals surface area contributed by atoms with E-state index in [0.717, 1.165) is 12.1 Å². The summed E-state index contributed by atoms with van der Waals surface area (Å²) in [6.07, 6.45) is -3.27. The second kappa shape index (κ2) is 4.26. The van der Waals surface area contributed by atoms with Crippen molar-refractivity contribution in [1.29, 1.82) is 0 Å². The van der Waals surface area contributed by atoms with Gasteiger partial charge in [-0.3, -0.25) is 0 Å². The maximum absolute atomic E-state index is 12.6. The Kier molecular flexibility index (Phi) is 3.44. The summed E-state index contributed by atoms with van der Waals surface area (Å²) in [5.74, 6) is 0.139. The number of halogens is 4. The van der Waals surface area contributed by atoms with Gasteiger partial charge in [0.2, 0.25) is 0 Å². The average Bonchev–Trinajstić information content (AvgIpc) is 2.15. The van der Waals surface area contributed by atoms with E-state index in [4.69, 9.17) is 4.74 Å². The molecule has 0 aromatic heterocycles. The Morgan fingerprint density at radius 3 is 2.40 bits per heavy atom. The standard InChI is InChI=1S/C10H8BrF3O/c1-3-6-7(10(12,13)14)4-5-8(11)9(6)15-2/h3-5H,1H2,2H3. The molecule has 0 amide bonds. The normalized spacial score (nSPS) is 11.3. The van der Waals surface area contributed by atoms with E-state index >= 15 is 0 Å². The molecule has 0 N–H and O–H groups in total. The van der Waals surface area contributed by atoms with Crippen LogP contribution in [0.1, 0.15) is 11.1 Å². The molecular weight excluding hydrogens is 273 g/mol. The van der Waals surface area contributed by atoms with Gasteiger partial charge in [0.15, 0.2) is 0 Å². The van der Waals surface area contributed by atoms with E-state index in [0.29, 0.717) is 4.47 Å². The fourth-order valence-corrected chi connectivity index (χ4v) is 1.74. The Labute approximate surface area is 93.7 Å². The van der Waals surface area contributed by atoms with Gasteiger partial charge < -0.3 is 4.74 Å². The van der Waals surface area contributed by atoms with E-state index in [1.165, 1.54) is 13.2 Å². The van der Waals surface area contributed by atoms with Crippen molar-refractivity contribution in [3.63, 3.8) is 0 Å². The number of ether oxygens (including phenoxy) is 1.